The fraction of sp³-hybridized carbons (Fsp3) is 0.231. The summed E-state index contributed by atoms with van der Waals surface area (Å²) in [6.45, 7) is 2.44. The van der Waals surface area contributed by atoms with Gasteiger partial charge < -0.3 is 14.3 Å². The predicted octanol–water partition coefficient (Wildman–Crippen LogP) is 6.48. The van der Waals surface area contributed by atoms with Crippen LogP contribution in [-0.4, -0.2) is 33.1 Å². The Morgan fingerprint density at radius 1 is 1.12 bits per heavy atom. The van der Waals surface area contributed by atoms with Gasteiger partial charge in [-0.15, -0.1) is 0 Å². The molecule has 0 bridgehead atoms. The normalized spacial score (nSPS) is 16.3. The molecule has 1 saturated heterocycles. The first-order valence-electron chi connectivity index (χ1n) is 11.2. The van der Waals surface area contributed by atoms with E-state index in [0.29, 0.717) is 29.4 Å². The van der Waals surface area contributed by atoms with Crippen LogP contribution in [0.1, 0.15) is 24.0 Å². The van der Waals surface area contributed by atoms with E-state index in [1.807, 2.05) is 60.9 Å². The third-order valence-electron chi connectivity index (χ3n) is 6.44. The van der Waals surface area contributed by atoms with E-state index < -0.39 is 5.60 Å². The first-order chi connectivity index (χ1) is 16.6. The number of hydrogen-bond acceptors (Lipinski definition) is 7. The number of furan rings is 1. The summed E-state index contributed by atoms with van der Waals surface area (Å²) in [6.07, 6.45) is 4.97. The maximum absolute atomic E-state index is 11.2. The molecule has 0 atom stereocenters. The molecule has 5 aromatic rings. The van der Waals surface area contributed by atoms with Crippen LogP contribution >= 0.6 is 27.3 Å². The van der Waals surface area contributed by atoms with E-state index in [1.165, 1.54) is 11.3 Å². The van der Waals surface area contributed by atoms with Crippen molar-refractivity contribution in [1.29, 1.82) is 0 Å². The number of aromatic nitrogens is 2. The second kappa shape index (κ2) is 8.78. The number of hydrogen-bond donors (Lipinski definition) is 1. The molecule has 172 valence electrons. The van der Waals surface area contributed by atoms with Crippen LogP contribution in [0.15, 0.2) is 75.9 Å². The number of nitrogens with zero attached hydrogens (tertiary/aromatic N) is 3. The number of thiazole rings is 1. The number of piperidine rings is 1. The van der Waals surface area contributed by atoms with Gasteiger partial charge in [-0.2, -0.15) is 4.98 Å². The summed E-state index contributed by atoms with van der Waals surface area (Å²) in [5, 5.41) is 12.8. The highest BCUT2D eigenvalue weighted by atomic mass is 79.9. The van der Waals surface area contributed by atoms with Crippen molar-refractivity contribution in [2.24, 2.45) is 0 Å². The number of benzene rings is 2. The fourth-order valence-corrected chi connectivity index (χ4v) is 5.57. The lowest BCUT2D eigenvalue weighted by Crippen LogP contribution is -2.42. The van der Waals surface area contributed by atoms with Gasteiger partial charge in [0.1, 0.15) is 11.3 Å². The molecule has 1 N–H and O–H groups in total. The molecular weight excluding hydrogens is 514 g/mol. The molecule has 3 aromatic heterocycles. The third kappa shape index (κ3) is 4.22. The molecular formula is C26H22BrN3O3S. The van der Waals surface area contributed by atoms with Crippen LogP contribution in [0.2, 0.25) is 0 Å². The molecule has 1 fully saturated rings. The minimum atomic E-state index is -0.766. The van der Waals surface area contributed by atoms with Gasteiger partial charge in [-0.3, -0.25) is 4.90 Å². The van der Waals surface area contributed by atoms with Crippen LogP contribution in [0, 0.1) is 0 Å². The van der Waals surface area contributed by atoms with E-state index in [4.69, 9.17) is 9.15 Å². The summed E-state index contributed by atoms with van der Waals surface area (Å²) >= 11 is 4.93. The van der Waals surface area contributed by atoms with Gasteiger partial charge in [0.2, 0.25) is 0 Å². The van der Waals surface area contributed by atoms with Crippen molar-refractivity contribution in [1.82, 2.24) is 14.9 Å². The molecule has 8 heteroatoms. The van der Waals surface area contributed by atoms with Gasteiger partial charge in [0.05, 0.1) is 16.6 Å². The number of rotatable bonds is 5. The Kier molecular flexibility index (Phi) is 5.61. The molecule has 0 aliphatic carbocycles. The van der Waals surface area contributed by atoms with Crippen molar-refractivity contribution in [3.63, 3.8) is 0 Å². The molecule has 0 saturated carbocycles. The first-order valence-corrected chi connectivity index (χ1v) is 12.8. The summed E-state index contributed by atoms with van der Waals surface area (Å²) in [4.78, 5) is 11.1. The van der Waals surface area contributed by atoms with Gasteiger partial charge in [0, 0.05) is 47.3 Å². The Bertz CT molecular complexity index is 1420. The standard InChI is InChI=1S/C26H22BrN3O3S/c27-19-5-3-18(4-6-19)26(31)9-12-30(13-10-26)15-17-16-32-22-14-20(7-8-21(17)22)33-25-29-24-23(34-25)2-1-11-28-24/h1-8,11,14,16,31H,9-10,12-13,15H2. The van der Waals surface area contributed by atoms with Gasteiger partial charge in [0.15, 0.2) is 5.65 Å². The molecule has 6 nitrogen and oxygen atoms in total. The largest absolute Gasteiger partial charge is 0.464 e. The molecule has 0 radical (unpaired) electrons. The molecule has 0 unspecified atom stereocenters. The first kappa shape index (κ1) is 21.7. The maximum Gasteiger partial charge on any atom is 0.281 e. The number of aliphatic hydroxyl groups is 1. The highest BCUT2D eigenvalue weighted by Gasteiger charge is 2.34. The lowest BCUT2D eigenvalue weighted by Gasteiger charge is -2.38. The molecule has 6 rings (SSSR count). The summed E-state index contributed by atoms with van der Waals surface area (Å²) in [5.41, 5.74) is 2.84. The van der Waals surface area contributed by atoms with E-state index in [-0.39, 0.29) is 0 Å². The lowest BCUT2D eigenvalue weighted by atomic mass is 9.84. The Morgan fingerprint density at radius 3 is 2.74 bits per heavy atom. The van der Waals surface area contributed by atoms with Crippen LogP contribution in [0.25, 0.3) is 21.3 Å². The molecule has 1 aliphatic heterocycles. The second-order valence-electron chi connectivity index (χ2n) is 8.64. The molecule has 0 spiro atoms. The summed E-state index contributed by atoms with van der Waals surface area (Å²) < 4.78 is 13.8. The fourth-order valence-electron chi connectivity index (χ4n) is 4.51. The Labute approximate surface area is 209 Å². The quantitative estimate of drug-likeness (QED) is 0.278. The summed E-state index contributed by atoms with van der Waals surface area (Å²) in [7, 11) is 0. The van der Waals surface area contributed by atoms with E-state index in [9.17, 15) is 5.11 Å². The SMILES string of the molecule is OC1(c2ccc(Br)cc2)CCN(Cc2coc3cc(Oc4nc5ncccc5s4)ccc23)CC1. The Hall–Kier alpha value is -2.78. The Balaban J connectivity index is 1.13. The topological polar surface area (TPSA) is 71.6 Å². The van der Waals surface area contributed by atoms with Crippen molar-refractivity contribution in [2.45, 2.75) is 25.0 Å². The average molecular weight is 536 g/mol. The molecule has 2 aromatic carbocycles. The zero-order valence-electron chi connectivity index (χ0n) is 18.3. The van der Waals surface area contributed by atoms with Gasteiger partial charge >= 0.3 is 0 Å². The highest BCUT2D eigenvalue weighted by Crippen LogP contribution is 2.36. The van der Waals surface area contributed by atoms with Gasteiger partial charge in [0.25, 0.3) is 5.19 Å². The number of ether oxygens (including phenoxy) is 1. The molecule has 1 aliphatic rings. The van der Waals surface area contributed by atoms with Gasteiger partial charge in [-0.25, -0.2) is 4.98 Å². The van der Waals surface area contributed by atoms with Crippen LogP contribution in [0.4, 0.5) is 0 Å². The van der Waals surface area contributed by atoms with E-state index >= 15 is 0 Å². The number of fused-ring (bicyclic) bond motifs is 2. The van der Waals surface area contributed by atoms with Crippen LogP contribution in [0.3, 0.4) is 0 Å². The molecule has 4 heterocycles. The minimum Gasteiger partial charge on any atom is -0.464 e. The van der Waals surface area contributed by atoms with Crippen molar-refractivity contribution >= 4 is 48.6 Å². The van der Waals surface area contributed by atoms with Crippen molar-refractivity contribution in [3.8, 4) is 10.9 Å². The number of halogens is 1. The van der Waals surface area contributed by atoms with Crippen molar-refractivity contribution < 1.29 is 14.3 Å². The molecule has 0 amide bonds. The van der Waals surface area contributed by atoms with Crippen LogP contribution < -0.4 is 4.74 Å². The number of pyridine rings is 1. The predicted molar refractivity (Wildman–Crippen MR) is 136 cm³/mol. The minimum absolute atomic E-state index is 0.561. The average Bonchev–Trinajstić information content (AvgIpc) is 3.44. The van der Waals surface area contributed by atoms with E-state index in [2.05, 4.69) is 30.8 Å². The van der Waals surface area contributed by atoms with Crippen molar-refractivity contribution in [3.05, 3.63) is 82.7 Å². The Morgan fingerprint density at radius 2 is 1.94 bits per heavy atom. The smallest absolute Gasteiger partial charge is 0.281 e. The third-order valence-corrected chi connectivity index (χ3v) is 7.85. The van der Waals surface area contributed by atoms with E-state index in [0.717, 1.165) is 50.9 Å². The van der Waals surface area contributed by atoms with Crippen LogP contribution in [-0.2, 0) is 12.1 Å². The van der Waals surface area contributed by atoms with E-state index in [1.54, 1.807) is 6.20 Å². The van der Waals surface area contributed by atoms with Gasteiger partial charge in [-0.1, -0.05) is 39.4 Å². The summed E-state index contributed by atoms with van der Waals surface area (Å²) in [6, 6.07) is 17.8. The lowest BCUT2D eigenvalue weighted by molar-refractivity contribution is -0.0277. The highest BCUT2D eigenvalue weighted by molar-refractivity contribution is 9.10. The van der Waals surface area contributed by atoms with Gasteiger partial charge in [-0.05, 0) is 54.8 Å². The zero-order valence-corrected chi connectivity index (χ0v) is 20.7. The van der Waals surface area contributed by atoms with Crippen LogP contribution in [0.5, 0.6) is 10.9 Å². The zero-order chi connectivity index (χ0) is 23.1. The van der Waals surface area contributed by atoms with Crippen molar-refractivity contribution in [2.75, 3.05) is 13.1 Å². The monoisotopic (exact) mass is 535 g/mol. The number of likely N-dealkylation sites (tertiary alicyclic amines) is 1. The maximum atomic E-state index is 11.2. The second-order valence-corrected chi connectivity index (χ2v) is 10.5. The molecule has 34 heavy (non-hydrogen) atoms. The summed E-state index contributed by atoms with van der Waals surface area (Å²) in [5.74, 6) is 0.685.